The van der Waals surface area contributed by atoms with Crippen LogP contribution in [0.5, 0.6) is 0 Å². The van der Waals surface area contributed by atoms with Crippen molar-refractivity contribution in [2.24, 2.45) is 5.73 Å². The van der Waals surface area contributed by atoms with Gasteiger partial charge in [-0.25, -0.2) is 0 Å². The fraction of sp³-hybridized carbons (Fsp3) is 0.273. The zero-order chi connectivity index (χ0) is 13.5. The predicted octanol–water partition coefficient (Wildman–Crippen LogP) is 0.585. The van der Waals surface area contributed by atoms with Crippen molar-refractivity contribution in [2.45, 2.75) is 12.8 Å². The van der Waals surface area contributed by atoms with E-state index in [0.29, 0.717) is 10.5 Å². The van der Waals surface area contributed by atoms with Gasteiger partial charge >= 0.3 is 10.0 Å². The highest BCUT2D eigenvalue weighted by Crippen LogP contribution is 2.26. The Morgan fingerprint density at radius 1 is 1.39 bits per heavy atom. The van der Waals surface area contributed by atoms with Crippen LogP contribution in [0.25, 0.3) is 10.2 Å². The van der Waals surface area contributed by atoms with Gasteiger partial charge in [0, 0.05) is 6.07 Å². The molecule has 1 unspecified atom stereocenters. The van der Waals surface area contributed by atoms with Crippen LogP contribution in [-0.4, -0.2) is 20.6 Å². The zero-order valence-electron chi connectivity index (χ0n) is 9.95. The van der Waals surface area contributed by atoms with Crippen LogP contribution < -0.4 is 9.71 Å². The number of carbonyl (C=O) groups excluding carboxylic acids is 1. The number of aromatic nitrogens is 1. The largest absolute Gasteiger partial charge is 0.369 e. The second kappa shape index (κ2) is 4.33. The summed E-state index contributed by atoms with van der Waals surface area (Å²) in [4.78, 5) is 11.3. The highest BCUT2D eigenvalue weighted by Gasteiger charge is 2.34. The number of benzene rings is 1. The van der Waals surface area contributed by atoms with E-state index in [-0.39, 0.29) is 0 Å². The number of fused-ring (bicyclic) bond motifs is 1. The van der Waals surface area contributed by atoms with Gasteiger partial charge in [0.25, 0.3) is 5.01 Å². The number of hydrogen-bond acceptors (Lipinski definition) is 4. The van der Waals surface area contributed by atoms with Crippen LogP contribution in [0.15, 0.2) is 24.3 Å². The Labute approximate surface area is 109 Å². The number of hydrogen-bond donors (Lipinski definition) is 1. The first-order valence-electron chi connectivity index (χ1n) is 5.25. The summed E-state index contributed by atoms with van der Waals surface area (Å²) in [6.07, 6.45) is 1.11. The van der Waals surface area contributed by atoms with Gasteiger partial charge in [0.05, 0.1) is 6.26 Å². The molecule has 2 aromatic rings. The number of para-hydroxylation sites is 1. The molecule has 0 bridgehead atoms. The Morgan fingerprint density at radius 3 is 2.56 bits per heavy atom. The minimum absolute atomic E-state index is 0.436. The van der Waals surface area contributed by atoms with Crippen molar-refractivity contribution in [3.8, 4) is 0 Å². The Bertz CT molecular complexity index is 719. The van der Waals surface area contributed by atoms with Crippen molar-refractivity contribution in [1.82, 2.24) is 0 Å². The molecule has 2 rings (SSSR count). The molecule has 5 nitrogen and oxygen atoms in total. The SMILES string of the molecule is CC(C(N)=O)c1sc2ccccc2[n+]1S(C)(=O)=O. The zero-order valence-corrected chi connectivity index (χ0v) is 11.6. The van der Waals surface area contributed by atoms with Crippen LogP contribution in [0.2, 0.25) is 0 Å². The molecule has 1 aromatic carbocycles. The molecule has 1 amide bonds. The van der Waals surface area contributed by atoms with Gasteiger partial charge in [-0.15, -0.1) is 0 Å². The van der Waals surface area contributed by atoms with E-state index in [0.717, 1.165) is 11.0 Å². The minimum atomic E-state index is -3.48. The van der Waals surface area contributed by atoms with Crippen molar-refractivity contribution < 1.29 is 17.2 Å². The van der Waals surface area contributed by atoms with Crippen LogP contribution in [0.4, 0.5) is 0 Å². The van der Waals surface area contributed by atoms with Gasteiger partial charge in [0.15, 0.2) is 0 Å². The lowest BCUT2D eigenvalue weighted by atomic mass is 10.2. The third-order valence-electron chi connectivity index (χ3n) is 2.63. The van der Waals surface area contributed by atoms with Crippen molar-refractivity contribution in [3.05, 3.63) is 29.3 Å². The number of primary amides is 1. The van der Waals surface area contributed by atoms with E-state index in [2.05, 4.69) is 0 Å². The second-order valence-corrected chi connectivity index (χ2v) is 6.95. The summed E-state index contributed by atoms with van der Waals surface area (Å²) in [5, 5.41) is 0.436. The molecule has 1 heterocycles. The lowest BCUT2D eigenvalue weighted by Crippen LogP contribution is -2.45. The number of nitrogens with zero attached hydrogens (tertiary/aromatic N) is 1. The van der Waals surface area contributed by atoms with Crippen LogP contribution in [-0.2, 0) is 14.8 Å². The van der Waals surface area contributed by atoms with Crippen molar-refractivity contribution in [2.75, 3.05) is 6.26 Å². The summed E-state index contributed by atoms with van der Waals surface area (Å²) in [5.41, 5.74) is 5.84. The molecule has 0 saturated carbocycles. The molecule has 7 heteroatoms. The molecule has 2 N–H and O–H groups in total. The van der Waals surface area contributed by atoms with Crippen molar-refractivity contribution >= 4 is 37.5 Å². The topological polar surface area (TPSA) is 81.1 Å². The highest BCUT2D eigenvalue weighted by molar-refractivity contribution is 7.84. The quantitative estimate of drug-likeness (QED) is 0.838. The molecule has 1 aromatic heterocycles. The lowest BCUT2D eigenvalue weighted by Gasteiger charge is -2.01. The molecule has 1 atom stereocenters. The monoisotopic (exact) mass is 285 g/mol. The average molecular weight is 285 g/mol. The lowest BCUT2D eigenvalue weighted by molar-refractivity contribution is -0.485. The maximum absolute atomic E-state index is 11.9. The fourth-order valence-electron chi connectivity index (χ4n) is 1.71. The summed E-state index contributed by atoms with van der Waals surface area (Å²) in [6, 6.07) is 7.11. The van der Waals surface area contributed by atoms with Gasteiger partial charge < -0.3 is 5.73 Å². The molecule has 0 radical (unpaired) electrons. The first-order valence-corrected chi connectivity index (χ1v) is 7.92. The van der Waals surface area contributed by atoms with Gasteiger partial charge in [-0.1, -0.05) is 27.4 Å². The molecule has 0 fully saturated rings. The van der Waals surface area contributed by atoms with Gasteiger partial charge in [-0.05, 0) is 13.0 Å². The molecule has 18 heavy (non-hydrogen) atoms. The predicted molar refractivity (Wildman–Crippen MR) is 69.9 cm³/mol. The average Bonchev–Trinajstić information content (AvgIpc) is 2.66. The first-order chi connectivity index (χ1) is 8.32. The van der Waals surface area contributed by atoms with Crippen molar-refractivity contribution in [1.29, 1.82) is 0 Å². The Kier molecular flexibility index (Phi) is 3.12. The third kappa shape index (κ3) is 2.11. The van der Waals surface area contributed by atoms with E-state index in [1.165, 1.54) is 15.3 Å². The van der Waals surface area contributed by atoms with Gasteiger partial charge in [-0.2, -0.15) is 8.42 Å². The van der Waals surface area contributed by atoms with E-state index in [4.69, 9.17) is 5.73 Å². The van der Waals surface area contributed by atoms with Crippen molar-refractivity contribution in [3.63, 3.8) is 0 Å². The van der Waals surface area contributed by atoms with E-state index in [1.807, 2.05) is 12.1 Å². The second-order valence-electron chi connectivity index (χ2n) is 4.06. The van der Waals surface area contributed by atoms with E-state index < -0.39 is 21.8 Å². The van der Waals surface area contributed by atoms with Crippen LogP contribution in [0.3, 0.4) is 0 Å². The van der Waals surface area contributed by atoms with Gasteiger partial charge in [-0.3, -0.25) is 4.79 Å². The Hall–Kier alpha value is -1.47. The van der Waals surface area contributed by atoms with E-state index >= 15 is 0 Å². The highest BCUT2D eigenvalue weighted by atomic mass is 32.2. The fourth-order valence-corrected chi connectivity index (χ4v) is 4.40. The van der Waals surface area contributed by atoms with Crippen LogP contribution in [0.1, 0.15) is 17.8 Å². The van der Waals surface area contributed by atoms with Gasteiger partial charge in [0.1, 0.15) is 10.6 Å². The maximum atomic E-state index is 11.9. The molecule has 0 aliphatic heterocycles. The van der Waals surface area contributed by atoms with Crippen LogP contribution in [0, 0.1) is 0 Å². The summed E-state index contributed by atoms with van der Waals surface area (Å²) in [6.45, 7) is 1.61. The Balaban J connectivity index is 2.85. The molecule has 96 valence electrons. The molecular formula is C11H13N2O3S2+. The Morgan fingerprint density at radius 2 is 2.00 bits per heavy atom. The smallest absolute Gasteiger partial charge is 0.367 e. The maximum Gasteiger partial charge on any atom is 0.367 e. The number of nitrogens with two attached hydrogens (primary N) is 1. The van der Waals surface area contributed by atoms with E-state index in [9.17, 15) is 13.2 Å². The summed E-state index contributed by atoms with van der Waals surface area (Å²) in [5.74, 6) is -1.18. The summed E-state index contributed by atoms with van der Waals surface area (Å²) in [7, 11) is -3.48. The molecular weight excluding hydrogens is 272 g/mol. The minimum Gasteiger partial charge on any atom is -0.369 e. The number of carbonyl (C=O) groups is 1. The van der Waals surface area contributed by atoms with Crippen LogP contribution >= 0.6 is 11.3 Å². The standard InChI is InChI=1S/C11H12N2O3S2/c1-7(10(12)14)11-13(18(2,15)16)8-5-3-4-6-9(8)17-11/h3-7H,1-2H3,(H-,12,14)/p+1. The van der Waals surface area contributed by atoms with E-state index in [1.54, 1.807) is 19.1 Å². The molecule has 0 saturated heterocycles. The number of rotatable bonds is 3. The normalized spacial score (nSPS) is 13.7. The molecule has 0 aliphatic carbocycles. The summed E-state index contributed by atoms with van der Waals surface area (Å²) >= 11 is 1.27. The first kappa shape index (κ1) is 13.0. The number of thiazole rings is 1. The third-order valence-corrected chi connectivity index (χ3v) is 5.11. The summed E-state index contributed by atoms with van der Waals surface area (Å²) < 4.78 is 25.8. The molecule has 0 spiro atoms. The molecule has 0 aliphatic rings. The van der Waals surface area contributed by atoms with Gasteiger partial charge in [0.2, 0.25) is 11.4 Å². The number of amides is 1.